The number of imide groups is 1. The number of allylic oxidation sites excluding steroid dienone is 2. The van der Waals surface area contributed by atoms with E-state index in [9.17, 15) is 37.8 Å². The highest BCUT2D eigenvalue weighted by Gasteiger charge is 2.50. The molecule has 2 aromatic carbocycles. The van der Waals surface area contributed by atoms with Crippen molar-refractivity contribution in [3.05, 3.63) is 81.7 Å². The molecule has 2 aliphatic heterocycles. The van der Waals surface area contributed by atoms with Crippen molar-refractivity contribution in [1.29, 1.82) is 0 Å². The van der Waals surface area contributed by atoms with E-state index in [1.165, 1.54) is 34.9 Å². The Kier molecular flexibility index (Phi) is 8.05. The molecular formula is C30H32N2O9S. The number of nitrogens with zero attached hydrogens (tertiary/aromatic N) is 2. The highest BCUT2D eigenvalue weighted by atomic mass is 32.2. The van der Waals surface area contributed by atoms with Crippen LogP contribution in [0.4, 0.5) is 0 Å². The van der Waals surface area contributed by atoms with Gasteiger partial charge in [-0.05, 0) is 63.9 Å². The van der Waals surface area contributed by atoms with Gasteiger partial charge in [-0.2, -0.15) is 0 Å². The van der Waals surface area contributed by atoms with Crippen molar-refractivity contribution in [1.82, 2.24) is 9.80 Å². The van der Waals surface area contributed by atoms with Crippen molar-refractivity contribution in [2.45, 2.75) is 43.9 Å². The maximum atomic E-state index is 12.6. The Balaban J connectivity index is 1.66. The first kappa shape index (κ1) is 30.5. The molecule has 0 unspecified atom stereocenters. The zero-order chi connectivity index (χ0) is 31.1. The molecule has 0 aliphatic carbocycles. The second-order valence-electron chi connectivity index (χ2n) is 10.5. The quantitative estimate of drug-likeness (QED) is 0.307. The van der Waals surface area contributed by atoms with Gasteiger partial charge in [-0.1, -0.05) is 12.1 Å². The number of carbonyl (C=O) groups excluding carboxylic acids is 2. The number of sulfone groups is 1. The Morgan fingerprint density at radius 1 is 0.905 bits per heavy atom. The van der Waals surface area contributed by atoms with Gasteiger partial charge in [0, 0.05) is 36.8 Å². The van der Waals surface area contributed by atoms with Crippen molar-refractivity contribution in [2.24, 2.45) is 0 Å². The van der Waals surface area contributed by atoms with Gasteiger partial charge >= 0.3 is 11.9 Å². The summed E-state index contributed by atoms with van der Waals surface area (Å²) in [5.74, 6) is -3.32. The van der Waals surface area contributed by atoms with E-state index in [1.807, 2.05) is 0 Å². The van der Waals surface area contributed by atoms with E-state index < -0.39 is 27.2 Å². The third-order valence-corrected chi connectivity index (χ3v) is 9.10. The fraction of sp³-hybridized carbons (Fsp3) is 0.333. The van der Waals surface area contributed by atoms with Crippen molar-refractivity contribution in [3.63, 3.8) is 0 Å². The number of fused-ring (bicyclic) bond motifs is 1. The fourth-order valence-electron chi connectivity index (χ4n) is 5.69. The fourth-order valence-corrected chi connectivity index (χ4v) is 6.34. The normalized spacial score (nSPS) is 16.7. The number of rotatable bonds is 10. The largest absolute Gasteiger partial charge is 0.493 e. The SMILES string of the molecule is CC1=C(C(=O)O)C(C)(c2cc(S(C)(=O)=O)ccc2OCCCCN2C(=O)c3ccccc3C2=O)C(C(=O)O)=C(C)N1C. The van der Waals surface area contributed by atoms with Gasteiger partial charge in [-0.25, -0.2) is 18.0 Å². The van der Waals surface area contributed by atoms with Crippen molar-refractivity contribution in [2.75, 3.05) is 26.5 Å². The number of aliphatic carboxylic acids is 2. The summed E-state index contributed by atoms with van der Waals surface area (Å²) < 4.78 is 31.0. The molecular weight excluding hydrogens is 564 g/mol. The average Bonchev–Trinajstić information content (AvgIpc) is 3.15. The van der Waals surface area contributed by atoms with Gasteiger partial charge in [0.05, 0.1) is 39.2 Å². The molecule has 11 nitrogen and oxygen atoms in total. The van der Waals surface area contributed by atoms with Crippen LogP contribution in [0.25, 0.3) is 0 Å². The first-order valence-corrected chi connectivity index (χ1v) is 15.1. The molecule has 12 heteroatoms. The van der Waals surface area contributed by atoms with Gasteiger partial charge in [-0.3, -0.25) is 14.5 Å². The lowest BCUT2D eigenvalue weighted by Gasteiger charge is -2.42. The monoisotopic (exact) mass is 596 g/mol. The first-order valence-electron chi connectivity index (χ1n) is 13.2. The predicted octanol–water partition coefficient (Wildman–Crippen LogP) is 3.47. The molecule has 0 spiro atoms. The standard InChI is InChI=1S/C30H32N2O9S/c1-17-24(28(35)36)30(3,25(29(37)38)18(2)31(17)4)22-16-19(42(5,39)40)12-13-23(22)41-15-9-8-14-32-26(33)20-10-6-7-11-21(20)27(32)34/h6-7,10-13,16H,8-9,14-15H2,1-5H3,(H,35,36)(H,37,38). The molecule has 2 aromatic rings. The van der Waals surface area contributed by atoms with Crippen LogP contribution in [-0.4, -0.2) is 78.6 Å². The summed E-state index contributed by atoms with van der Waals surface area (Å²) in [6, 6.07) is 10.6. The summed E-state index contributed by atoms with van der Waals surface area (Å²) in [5, 5.41) is 20.5. The molecule has 0 atom stereocenters. The van der Waals surface area contributed by atoms with Crippen molar-refractivity contribution >= 4 is 33.6 Å². The molecule has 0 saturated carbocycles. The molecule has 0 fully saturated rings. The highest BCUT2D eigenvalue weighted by Crippen LogP contribution is 2.50. The summed E-state index contributed by atoms with van der Waals surface area (Å²) in [5.41, 5.74) is -0.857. The minimum atomic E-state index is -3.75. The Morgan fingerprint density at radius 3 is 1.90 bits per heavy atom. The number of benzene rings is 2. The highest BCUT2D eigenvalue weighted by molar-refractivity contribution is 7.90. The van der Waals surface area contributed by atoms with Crippen LogP contribution in [0.5, 0.6) is 5.75 Å². The molecule has 0 aromatic heterocycles. The van der Waals surface area contributed by atoms with Gasteiger partial charge in [0.2, 0.25) is 0 Å². The first-order chi connectivity index (χ1) is 19.6. The van der Waals surface area contributed by atoms with Gasteiger partial charge in [0.25, 0.3) is 11.8 Å². The lowest BCUT2D eigenvalue weighted by molar-refractivity contribution is -0.134. The van der Waals surface area contributed by atoms with E-state index in [0.717, 1.165) is 6.26 Å². The lowest BCUT2D eigenvalue weighted by Crippen LogP contribution is -2.43. The minimum absolute atomic E-state index is 0.0700. The number of hydrogen-bond donors (Lipinski definition) is 2. The van der Waals surface area contributed by atoms with E-state index in [1.54, 1.807) is 45.2 Å². The van der Waals surface area contributed by atoms with Crippen LogP contribution < -0.4 is 4.74 Å². The molecule has 4 rings (SSSR count). The Hall–Kier alpha value is -4.45. The molecule has 2 heterocycles. The Morgan fingerprint density at radius 2 is 1.43 bits per heavy atom. The topological polar surface area (TPSA) is 159 Å². The molecule has 2 N–H and O–H groups in total. The summed E-state index contributed by atoms with van der Waals surface area (Å²) in [6.45, 7) is 4.79. The summed E-state index contributed by atoms with van der Waals surface area (Å²) >= 11 is 0. The van der Waals surface area contributed by atoms with Gasteiger partial charge in [0.1, 0.15) is 5.75 Å². The number of ether oxygens (including phenoxy) is 1. The average molecular weight is 597 g/mol. The second kappa shape index (κ2) is 11.1. The van der Waals surface area contributed by atoms with E-state index in [-0.39, 0.29) is 52.3 Å². The molecule has 2 aliphatic rings. The van der Waals surface area contributed by atoms with E-state index in [2.05, 4.69) is 0 Å². The van der Waals surface area contributed by atoms with Crippen molar-refractivity contribution < 1.29 is 42.5 Å². The summed E-state index contributed by atoms with van der Waals surface area (Å²) in [4.78, 5) is 53.0. The number of carboxylic acids is 2. The Labute approximate surface area is 243 Å². The van der Waals surface area contributed by atoms with E-state index >= 15 is 0 Å². The van der Waals surface area contributed by atoms with Gasteiger partial charge in [0.15, 0.2) is 9.84 Å². The number of unbranched alkanes of at least 4 members (excludes halogenated alkanes) is 1. The molecule has 0 bridgehead atoms. The second-order valence-corrected chi connectivity index (χ2v) is 12.5. The molecule has 222 valence electrons. The zero-order valence-electron chi connectivity index (χ0n) is 23.9. The summed E-state index contributed by atoms with van der Waals surface area (Å²) in [6.07, 6.45) is 1.80. The molecule has 2 amide bonds. The minimum Gasteiger partial charge on any atom is -0.493 e. The van der Waals surface area contributed by atoms with Crippen LogP contribution >= 0.6 is 0 Å². The zero-order valence-corrected chi connectivity index (χ0v) is 24.7. The van der Waals surface area contributed by atoms with E-state index in [4.69, 9.17) is 4.74 Å². The van der Waals surface area contributed by atoms with Crippen LogP contribution in [0.3, 0.4) is 0 Å². The molecule has 0 radical (unpaired) electrons. The maximum Gasteiger partial charge on any atom is 0.334 e. The number of carbonyl (C=O) groups is 4. The van der Waals surface area contributed by atoms with E-state index in [0.29, 0.717) is 35.4 Å². The lowest BCUT2D eigenvalue weighted by atomic mass is 9.66. The van der Waals surface area contributed by atoms with Crippen LogP contribution in [0.15, 0.2) is 69.9 Å². The van der Waals surface area contributed by atoms with Crippen LogP contribution in [0.2, 0.25) is 0 Å². The maximum absolute atomic E-state index is 12.6. The number of hydrogen-bond acceptors (Lipinski definition) is 8. The molecule has 42 heavy (non-hydrogen) atoms. The summed E-state index contributed by atoms with van der Waals surface area (Å²) in [7, 11) is -2.19. The number of amides is 2. The van der Waals surface area contributed by atoms with Crippen LogP contribution in [0.1, 0.15) is 59.9 Å². The predicted molar refractivity (Wildman–Crippen MR) is 152 cm³/mol. The van der Waals surface area contributed by atoms with Crippen molar-refractivity contribution in [3.8, 4) is 5.75 Å². The van der Waals surface area contributed by atoms with Gasteiger partial charge < -0.3 is 19.8 Å². The third-order valence-electron chi connectivity index (χ3n) is 7.99. The Bertz CT molecular complexity index is 1610. The third kappa shape index (κ3) is 5.06. The van der Waals surface area contributed by atoms with Crippen LogP contribution in [-0.2, 0) is 24.8 Å². The number of carboxylic acid groups (broad SMARTS) is 2. The molecule has 0 saturated heterocycles. The van der Waals surface area contributed by atoms with Gasteiger partial charge in [-0.15, -0.1) is 0 Å². The van der Waals surface area contributed by atoms with Crippen LogP contribution in [0, 0.1) is 0 Å². The smallest absolute Gasteiger partial charge is 0.334 e.